The molecular formula is C11H10ClNO2S. The molecule has 0 aliphatic rings. The lowest BCUT2D eigenvalue weighted by Crippen LogP contribution is -1.97. The van der Waals surface area contributed by atoms with Gasteiger partial charge in [0, 0.05) is 23.0 Å². The van der Waals surface area contributed by atoms with Gasteiger partial charge in [-0.05, 0) is 18.2 Å². The summed E-state index contributed by atoms with van der Waals surface area (Å²) in [5.41, 5.74) is 1.34. The van der Waals surface area contributed by atoms with Crippen LogP contribution >= 0.6 is 11.6 Å². The van der Waals surface area contributed by atoms with Crippen LogP contribution in [0.25, 0.3) is 11.3 Å². The first kappa shape index (κ1) is 11.2. The molecule has 0 atom stereocenters. The van der Waals surface area contributed by atoms with Crippen LogP contribution in [0.2, 0.25) is 5.02 Å². The highest BCUT2D eigenvalue weighted by Gasteiger charge is 2.15. The molecular weight excluding hydrogens is 246 g/mol. The van der Waals surface area contributed by atoms with Crippen molar-refractivity contribution < 1.29 is 8.42 Å². The van der Waals surface area contributed by atoms with E-state index in [9.17, 15) is 8.42 Å². The van der Waals surface area contributed by atoms with Gasteiger partial charge in [-0.25, -0.2) is 8.42 Å². The van der Waals surface area contributed by atoms with E-state index in [0.717, 1.165) is 5.56 Å². The summed E-state index contributed by atoms with van der Waals surface area (Å²) >= 11 is 5.87. The molecule has 2 aromatic rings. The highest BCUT2D eigenvalue weighted by molar-refractivity contribution is 7.90. The molecule has 0 unspecified atom stereocenters. The molecule has 0 spiro atoms. The number of hydrogen-bond acceptors (Lipinski definition) is 2. The number of rotatable bonds is 2. The van der Waals surface area contributed by atoms with E-state index in [2.05, 4.69) is 4.98 Å². The summed E-state index contributed by atoms with van der Waals surface area (Å²) in [6.45, 7) is 0. The van der Waals surface area contributed by atoms with Gasteiger partial charge in [0.15, 0.2) is 9.84 Å². The molecule has 84 valence electrons. The van der Waals surface area contributed by atoms with Crippen molar-refractivity contribution in [1.82, 2.24) is 4.98 Å². The summed E-state index contributed by atoms with van der Waals surface area (Å²) in [6, 6.07) is 8.61. The third kappa shape index (κ3) is 2.13. The Bertz CT molecular complexity index is 616. The minimum atomic E-state index is -3.23. The molecule has 0 fully saturated rings. The molecule has 1 heterocycles. The van der Waals surface area contributed by atoms with Gasteiger partial charge in [-0.1, -0.05) is 23.7 Å². The first-order valence-electron chi connectivity index (χ1n) is 4.62. The third-order valence-corrected chi connectivity index (χ3v) is 3.60. The van der Waals surface area contributed by atoms with Gasteiger partial charge in [-0.2, -0.15) is 0 Å². The van der Waals surface area contributed by atoms with Crippen molar-refractivity contribution in [3.05, 3.63) is 41.6 Å². The maximum atomic E-state index is 11.5. The van der Waals surface area contributed by atoms with Gasteiger partial charge in [0.05, 0.1) is 10.6 Å². The van der Waals surface area contributed by atoms with Crippen LogP contribution in [-0.4, -0.2) is 19.7 Å². The fourth-order valence-corrected chi connectivity index (χ4v) is 2.59. The van der Waals surface area contributed by atoms with Crippen molar-refractivity contribution in [3.8, 4) is 11.3 Å². The molecule has 3 nitrogen and oxygen atoms in total. The first-order valence-corrected chi connectivity index (χ1v) is 6.89. The lowest BCUT2D eigenvalue weighted by Gasteiger charge is -2.02. The highest BCUT2D eigenvalue weighted by atomic mass is 35.5. The molecule has 1 N–H and O–H groups in total. The second-order valence-corrected chi connectivity index (χ2v) is 5.92. The van der Waals surface area contributed by atoms with Crippen LogP contribution in [0.4, 0.5) is 0 Å². The quantitative estimate of drug-likeness (QED) is 0.897. The fourth-order valence-electron chi connectivity index (χ4n) is 1.53. The number of nitrogens with one attached hydrogen (secondary N) is 1. The minimum absolute atomic E-state index is 0.287. The topological polar surface area (TPSA) is 49.9 Å². The Labute approximate surface area is 99.0 Å². The lowest BCUT2D eigenvalue weighted by atomic mass is 10.2. The predicted octanol–water partition coefficient (Wildman–Crippen LogP) is 2.74. The third-order valence-electron chi connectivity index (χ3n) is 2.22. The summed E-state index contributed by atoms with van der Waals surface area (Å²) in [5.74, 6) is 0. The van der Waals surface area contributed by atoms with Crippen molar-refractivity contribution in [2.45, 2.75) is 4.90 Å². The van der Waals surface area contributed by atoms with E-state index >= 15 is 0 Å². The van der Waals surface area contributed by atoms with Crippen LogP contribution in [0.1, 0.15) is 0 Å². The van der Waals surface area contributed by atoms with Crippen LogP contribution < -0.4 is 0 Å². The van der Waals surface area contributed by atoms with E-state index in [1.165, 1.54) is 6.26 Å². The molecule has 5 heteroatoms. The summed E-state index contributed by atoms with van der Waals surface area (Å²) in [5, 5.41) is 0.576. The SMILES string of the molecule is CS(=O)(=O)c1cc[nH]c1-c1cccc(Cl)c1. The molecule has 1 aromatic carbocycles. The number of benzene rings is 1. The molecule has 0 aliphatic carbocycles. The van der Waals surface area contributed by atoms with Gasteiger partial charge < -0.3 is 4.98 Å². The zero-order valence-corrected chi connectivity index (χ0v) is 10.1. The summed E-state index contributed by atoms with van der Waals surface area (Å²) < 4.78 is 23.0. The van der Waals surface area contributed by atoms with Gasteiger partial charge in [0.25, 0.3) is 0 Å². The van der Waals surface area contributed by atoms with Crippen molar-refractivity contribution >= 4 is 21.4 Å². The monoisotopic (exact) mass is 255 g/mol. The summed E-state index contributed by atoms with van der Waals surface area (Å²) in [6.07, 6.45) is 2.79. The van der Waals surface area contributed by atoms with Gasteiger partial charge in [0.2, 0.25) is 0 Å². The normalized spacial score (nSPS) is 11.6. The van der Waals surface area contributed by atoms with E-state index in [4.69, 9.17) is 11.6 Å². The largest absolute Gasteiger partial charge is 0.360 e. The van der Waals surface area contributed by atoms with E-state index < -0.39 is 9.84 Å². The molecule has 0 radical (unpaired) electrons. The second-order valence-electron chi connectivity index (χ2n) is 3.50. The first-order chi connectivity index (χ1) is 7.48. The molecule has 0 bridgehead atoms. The predicted molar refractivity (Wildman–Crippen MR) is 64.3 cm³/mol. The Morgan fingerprint density at radius 2 is 2.00 bits per heavy atom. The zero-order valence-electron chi connectivity index (χ0n) is 8.57. The van der Waals surface area contributed by atoms with Gasteiger partial charge in [-0.3, -0.25) is 0 Å². The van der Waals surface area contributed by atoms with Gasteiger partial charge in [0.1, 0.15) is 0 Å². The van der Waals surface area contributed by atoms with Gasteiger partial charge in [-0.15, -0.1) is 0 Å². The molecule has 0 saturated carbocycles. The van der Waals surface area contributed by atoms with Crippen molar-refractivity contribution in [2.24, 2.45) is 0 Å². The maximum absolute atomic E-state index is 11.5. The maximum Gasteiger partial charge on any atom is 0.177 e. The summed E-state index contributed by atoms with van der Waals surface area (Å²) in [4.78, 5) is 3.20. The Kier molecular flexibility index (Phi) is 2.78. The molecule has 2 rings (SSSR count). The van der Waals surface area contributed by atoms with E-state index in [1.54, 1.807) is 30.5 Å². The van der Waals surface area contributed by atoms with Crippen molar-refractivity contribution in [2.75, 3.05) is 6.26 Å². The molecule has 0 saturated heterocycles. The zero-order chi connectivity index (χ0) is 11.8. The van der Waals surface area contributed by atoms with E-state index in [-0.39, 0.29) is 4.90 Å². The van der Waals surface area contributed by atoms with Crippen molar-refractivity contribution in [1.29, 1.82) is 0 Å². The second kappa shape index (κ2) is 3.96. The van der Waals surface area contributed by atoms with Crippen LogP contribution in [-0.2, 0) is 9.84 Å². The van der Waals surface area contributed by atoms with Crippen LogP contribution in [0.3, 0.4) is 0 Å². The fraction of sp³-hybridized carbons (Fsp3) is 0.0909. The number of aromatic amines is 1. The number of aromatic nitrogens is 1. The Hall–Kier alpha value is -1.26. The molecule has 0 aliphatic heterocycles. The molecule has 1 aromatic heterocycles. The number of H-pyrrole nitrogens is 1. The van der Waals surface area contributed by atoms with Crippen molar-refractivity contribution in [3.63, 3.8) is 0 Å². The number of sulfone groups is 1. The summed E-state index contributed by atoms with van der Waals surface area (Å²) in [7, 11) is -3.23. The van der Waals surface area contributed by atoms with Crippen LogP contribution in [0, 0.1) is 0 Å². The van der Waals surface area contributed by atoms with E-state index in [0.29, 0.717) is 10.7 Å². The lowest BCUT2D eigenvalue weighted by molar-refractivity contribution is 0.602. The number of halogens is 1. The van der Waals surface area contributed by atoms with Gasteiger partial charge >= 0.3 is 0 Å². The van der Waals surface area contributed by atoms with Crippen LogP contribution in [0.15, 0.2) is 41.4 Å². The Balaban J connectivity index is 2.62. The highest BCUT2D eigenvalue weighted by Crippen LogP contribution is 2.27. The number of hydrogen-bond donors (Lipinski definition) is 1. The minimum Gasteiger partial charge on any atom is -0.360 e. The standard InChI is InChI=1S/C11H10ClNO2S/c1-16(14,15)10-5-6-13-11(10)8-3-2-4-9(12)7-8/h2-7,13H,1H3. The average molecular weight is 256 g/mol. The molecule has 16 heavy (non-hydrogen) atoms. The van der Waals surface area contributed by atoms with E-state index in [1.807, 2.05) is 6.07 Å². The Morgan fingerprint density at radius 3 is 2.62 bits per heavy atom. The van der Waals surface area contributed by atoms with Crippen LogP contribution in [0.5, 0.6) is 0 Å². The smallest absolute Gasteiger partial charge is 0.177 e. The average Bonchev–Trinajstić information content (AvgIpc) is 2.65. The molecule has 0 amide bonds. The Morgan fingerprint density at radius 1 is 1.25 bits per heavy atom.